The van der Waals surface area contributed by atoms with E-state index in [-0.39, 0.29) is 5.91 Å². The number of amides is 1. The van der Waals surface area contributed by atoms with Crippen LogP contribution in [0, 0.1) is 13.8 Å². The molecule has 1 N–H and O–H groups in total. The van der Waals surface area contributed by atoms with Gasteiger partial charge < -0.3 is 9.72 Å². The maximum atomic E-state index is 12.9. The van der Waals surface area contributed by atoms with Crippen molar-refractivity contribution in [2.45, 2.75) is 26.9 Å². The standard InChI is InChI=1S/C24H22ClN7O/c1-16-6-8-18(9-7-16)12-32-23(25)22(17(2)29-32)24(33)28-19-11-26-31(14-19)15-20-13-30-10-4-3-5-21(30)27-20/h3-11,13-14H,12,15H2,1-2H3,(H,28,33). The third-order valence-electron chi connectivity index (χ3n) is 5.37. The molecule has 0 aliphatic carbocycles. The lowest BCUT2D eigenvalue weighted by atomic mass is 10.1. The highest BCUT2D eigenvalue weighted by atomic mass is 35.5. The Morgan fingerprint density at radius 3 is 2.67 bits per heavy atom. The van der Waals surface area contributed by atoms with Gasteiger partial charge in [0.2, 0.25) is 0 Å². The van der Waals surface area contributed by atoms with Gasteiger partial charge in [0, 0.05) is 18.6 Å². The molecule has 0 bridgehead atoms. The fourth-order valence-electron chi connectivity index (χ4n) is 3.72. The van der Waals surface area contributed by atoms with Crippen molar-refractivity contribution in [2.24, 2.45) is 0 Å². The summed E-state index contributed by atoms with van der Waals surface area (Å²) >= 11 is 6.53. The second-order valence-electron chi connectivity index (χ2n) is 7.97. The number of aromatic nitrogens is 6. The van der Waals surface area contributed by atoms with Crippen molar-refractivity contribution < 1.29 is 4.79 Å². The lowest BCUT2D eigenvalue weighted by molar-refractivity contribution is 0.102. The highest BCUT2D eigenvalue weighted by Crippen LogP contribution is 2.22. The first-order valence-corrected chi connectivity index (χ1v) is 10.9. The van der Waals surface area contributed by atoms with Crippen LogP contribution in [0.2, 0.25) is 5.15 Å². The monoisotopic (exact) mass is 459 g/mol. The Labute approximate surface area is 195 Å². The predicted molar refractivity (Wildman–Crippen MR) is 127 cm³/mol. The van der Waals surface area contributed by atoms with Gasteiger partial charge >= 0.3 is 0 Å². The summed E-state index contributed by atoms with van der Waals surface area (Å²) in [4.78, 5) is 17.5. The summed E-state index contributed by atoms with van der Waals surface area (Å²) in [6.45, 7) is 4.80. The van der Waals surface area contributed by atoms with Gasteiger partial charge in [0.25, 0.3) is 5.91 Å². The molecule has 0 atom stereocenters. The van der Waals surface area contributed by atoms with Gasteiger partial charge in [0.15, 0.2) is 0 Å². The van der Waals surface area contributed by atoms with Crippen LogP contribution in [0.1, 0.15) is 32.9 Å². The number of imidazole rings is 1. The molecule has 0 saturated heterocycles. The van der Waals surface area contributed by atoms with Gasteiger partial charge in [-0.2, -0.15) is 10.2 Å². The van der Waals surface area contributed by atoms with E-state index in [2.05, 4.69) is 20.5 Å². The molecule has 9 heteroatoms. The molecule has 0 saturated carbocycles. The number of carbonyl (C=O) groups is 1. The van der Waals surface area contributed by atoms with Crippen molar-refractivity contribution in [1.82, 2.24) is 28.9 Å². The van der Waals surface area contributed by atoms with Crippen molar-refractivity contribution in [2.75, 3.05) is 5.32 Å². The van der Waals surface area contributed by atoms with Crippen LogP contribution in [0.4, 0.5) is 5.69 Å². The Bertz CT molecular complexity index is 1410. The highest BCUT2D eigenvalue weighted by Gasteiger charge is 2.21. The molecule has 5 aromatic rings. The smallest absolute Gasteiger partial charge is 0.260 e. The van der Waals surface area contributed by atoms with Crippen molar-refractivity contribution in [1.29, 1.82) is 0 Å². The maximum absolute atomic E-state index is 12.9. The largest absolute Gasteiger partial charge is 0.319 e. The van der Waals surface area contributed by atoms with Crippen molar-refractivity contribution in [3.8, 4) is 0 Å². The average Bonchev–Trinajstić information content (AvgIpc) is 3.47. The third-order valence-corrected chi connectivity index (χ3v) is 5.76. The van der Waals surface area contributed by atoms with Gasteiger partial charge in [0.05, 0.1) is 41.9 Å². The number of rotatable bonds is 6. The number of nitrogens with zero attached hydrogens (tertiary/aromatic N) is 6. The number of hydrogen-bond donors (Lipinski definition) is 1. The van der Waals surface area contributed by atoms with Gasteiger partial charge in [0.1, 0.15) is 10.8 Å². The minimum Gasteiger partial charge on any atom is -0.319 e. The summed E-state index contributed by atoms with van der Waals surface area (Å²) in [5.74, 6) is -0.320. The van der Waals surface area contributed by atoms with Crippen molar-refractivity contribution in [3.05, 3.63) is 100 Å². The summed E-state index contributed by atoms with van der Waals surface area (Å²) in [5, 5.41) is 12.0. The van der Waals surface area contributed by atoms with Gasteiger partial charge in [-0.05, 0) is 31.5 Å². The molecule has 33 heavy (non-hydrogen) atoms. The van der Waals surface area contributed by atoms with E-state index in [1.807, 2.05) is 66.2 Å². The Hall–Kier alpha value is -3.91. The van der Waals surface area contributed by atoms with Crippen LogP contribution in [0.5, 0.6) is 0 Å². The zero-order chi connectivity index (χ0) is 22.9. The van der Waals surface area contributed by atoms with Crippen molar-refractivity contribution >= 4 is 28.8 Å². The molecule has 1 aromatic carbocycles. The Balaban J connectivity index is 1.29. The van der Waals surface area contributed by atoms with E-state index in [1.54, 1.807) is 28.7 Å². The normalized spacial score (nSPS) is 11.2. The van der Waals surface area contributed by atoms with E-state index in [1.165, 1.54) is 5.56 Å². The Morgan fingerprint density at radius 2 is 1.88 bits per heavy atom. The number of fused-ring (bicyclic) bond motifs is 1. The molecular formula is C24H22ClN7O. The highest BCUT2D eigenvalue weighted by molar-refractivity contribution is 6.33. The van der Waals surface area contributed by atoms with Gasteiger partial charge in [-0.3, -0.25) is 9.48 Å². The zero-order valence-electron chi connectivity index (χ0n) is 18.2. The van der Waals surface area contributed by atoms with E-state index in [9.17, 15) is 4.79 Å². The topological polar surface area (TPSA) is 82.0 Å². The first kappa shape index (κ1) is 21.0. The molecule has 0 spiro atoms. The molecule has 0 aliphatic heterocycles. The zero-order valence-corrected chi connectivity index (χ0v) is 19.0. The fraction of sp³-hybridized carbons (Fsp3) is 0.167. The van der Waals surface area contributed by atoms with Crippen LogP contribution < -0.4 is 5.32 Å². The summed E-state index contributed by atoms with van der Waals surface area (Å²) in [5.41, 5.74) is 5.50. The third kappa shape index (κ3) is 4.38. The molecule has 0 unspecified atom stereocenters. The molecule has 8 nitrogen and oxygen atoms in total. The van der Waals surface area contributed by atoms with Gasteiger partial charge in [-0.15, -0.1) is 0 Å². The lowest BCUT2D eigenvalue weighted by Crippen LogP contribution is -2.13. The second kappa shape index (κ2) is 8.55. The molecule has 0 radical (unpaired) electrons. The number of hydrogen-bond acceptors (Lipinski definition) is 4. The van der Waals surface area contributed by atoms with Crippen LogP contribution >= 0.6 is 11.6 Å². The average molecular weight is 460 g/mol. The molecule has 1 amide bonds. The minimum atomic E-state index is -0.320. The van der Waals surface area contributed by atoms with Crippen molar-refractivity contribution in [3.63, 3.8) is 0 Å². The summed E-state index contributed by atoms with van der Waals surface area (Å²) in [6, 6.07) is 14.0. The quantitative estimate of drug-likeness (QED) is 0.409. The molecule has 0 aliphatic rings. The molecule has 4 aromatic heterocycles. The van der Waals surface area contributed by atoms with Crippen LogP contribution in [0.25, 0.3) is 5.65 Å². The van der Waals surface area contributed by atoms with Gasteiger partial charge in [-0.25, -0.2) is 9.67 Å². The SMILES string of the molecule is Cc1ccc(Cn2nc(C)c(C(=O)Nc3cnn(Cc4cn5ccccc5n4)c3)c2Cl)cc1. The Morgan fingerprint density at radius 1 is 1.06 bits per heavy atom. The molecule has 0 fully saturated rings. The summed E-state index contributed by atoms with van der Waals surface area (Å²) in [7, 11) is 0. The predicted octanol–water partition coefficient (Wildman–Crippen LogP) is 4.35. The first-order chi connectivity index (χ1) is 16.0. The van der Waals surface area contributed by atoms with E-state index in [0.717, 1.165) is 16.9 Å². The van der Waals surface area contributed by atoms with E-state index in [0.29, 0.717) is 35.2 Å². The maximum Gasteiger partial charge on any atom is 0.260 e. The van der Waals surface area contributed by atoms with Crippen LogP contribution in [-0.4, -0.2) is 34.9 Å². The number of anilines is 1. The molecule has 4 heterocycles. The number of halogens is 1. The second-order valence-corrected chi connectivity index (χ2v) is 8.33. The molecule has 5 rings (SSSR count). The number of benzene rings is 1. The molecular weight excluding hydrogens is 438 g/mol. The number of nitrogens with one attached hydrogen (secondary N) is 1. The van der Waals surface area contributed by atoms with Crippen LogP contribution in [0.3, 0.4) is 0 Å². The van der Waals surface area contributed by atoms with E-state index >= 15 is 0 Å². The number of aryl methyl sites for hydroxylation is 2. The first-order valence-electron chi connectivity index (χ1n) is 10.5. The number of carbonyl (C=O) groups excluding carboxylic acids is 1. The number of pyridine rings is 1. The van der Waals surface area contributed by atoms with E-state index < -0.39 is 0 Å². The molecule has 166 valence electrons. The van der Waals surface area contributed by atoms with Crippen LogP contribution in [0.15, 0.2) is 67.3 Å². The van der Waals surface area contributed by atoms with Crippen LogP contribution in [-0.2, 0) is 13.1 Å². The van der Waals surface area contributed by atoms with E-state index in [4.69, 9.17) is 11.6 Å². The lowest BCUT2D eigenvalue weighted by Gasteiger charge is -2.05. The summed E-state index contributed by atoms with van der Waals surface area (Å²) < 4.78 is 5.33. The fourth-order valence-corrected chi connectivity index (χ4v) is 4.04. The van der Waals surface area contributed by atoms with Gasteiger partial charge in [-0.1, -0.05) is 47.5 Å². The Kier molecular flexibility index (Phi) is 5.43. The minimum absolute atomic E-state index is 0.308. The summed E-state index contributed by atoms with van der Waals surface area (Å²) in [6.07, 6.45) is 7.28.